The Labute approximate surface area is 106 Å². The van der Waals surface area contributed by atoms with Crippen LogP contribution in [0.2, 0.25) is 5.02 Å². The summed E-state index contributed by atoms with van der Waals surface area (Å²) in [7, 11) is -1.91. The van der Waals surface area contributed by atoms with Gasteiger partial charge in [-0.25, -0.2) is 12.7 Å². The Morgan fingerprint density at radius 1 is 1.47 bits per heavy atom. The number of halogens is 1. The van der Waals surface area contributed by atoms with Gasteiger partial charge in [-0.05, 0) is 37.0 Å². The molecule has 1 aliphatic carbocycles. The van der Waals surface area contributed by atoms with Crippen molar-refractivity contribution >= 4 is 27.3 Å². The van der Waals surface area contributed by atoms with Crippen LogP contribution in [0, 0.1) is 5.92 Å². The fraction of sp³-hybridized carbons (Fsp3) is 0.455. The second kappa shape index (κ2) is 4.48. The number of sulfonamides is 1. The van der Waals surface area contributed by atoms with Crippen molar-refractivity contribution in [3.05, 3.63) is 23.2 Å². The third-order valence-corrected chi connectivity index (χ3v) is 5.00. The third kappa shape index (κ3) is 2.73. The van der Waals surface area contributed by atoms with E-state index in [1.54, 1.807) is 7.05 Å². The number of rotatable bonds is 4. The van der Waals surface area contributed by atoms with Gasteiger partial charge in [0.05, 0.1) is 5.69 Å². The predicted octanol–water partition coefficient (Wildman–Crippen LogP) is 1.95. The summed E-state index contributed by atoms with van der Waals surface area (Å²) in [5.74, 6) is 0.503. The van der Waals surface area contributed by atoms with Gasteiger partial charge in [-0.2, -0.15) is 0 Å². The van der Waals surface area contributed by atoms with E-state index in [0.29, 0.717) is 17.5 Å². The molecule has 2 rings (SSSR count). The van der Waals surface area contributed by atoms with Gasteiger partial charge in [-0.3, -0.25) is 0 Å². The molecule has 0 atom stereocenters. The second-order valence-electron chi connectivity index (χ2n) is 4.41. The van der Waals surface area contributed by atoms with Gasteiger partial charge in [-0.15, -0.1) is 0 Å². The Morgan fingerprint density at radius 3 is 2.65 bits per heavy atom. The Balaban J connectivity index is 2.29. The fourth-order valence-electron chi connectivity index (χ4n) is 1.68. The normalized spacial score (nSPS) is 16.4. The molecule has 17 heavy (non-hydrogen) atoms. The van der Waals surface area contributed by atoms with Crippen LogP contribution >= 0.6 is 11.6 Å². The van der Waals surface area contributed by atoms with Crippen molar-refractivity contribution in [3.63, 3.8) is 0 Å². The van der Waals surface area contributed by atoms with Gasteiger partial charge in [-0.1, -0.05) is 11.6 Å². The number of anilines is 1. The molecule has 0 saturated heterocycles. The first-order chi connectivity index (χ1) is 7.91. The number of hydrogen-bond donors (Lipinski definition) is 1. The highest BCUT2D eigenvalue weighted by Gasteiger charge is 2.30. The van der Waals surface area contributed by atoms with E-state index in [4.69, 9.17) is 17.3 Å². The van der Waals surface area contributed by atoms with Crippen LogP contribution in [0.25, 0.3) is 0 Å². The molecule has 1 fully saturated rings. The summed E-state index contributed by atoms with van der Waals surface area (Å²) in [5.41, 5.74) is 5.90. The fourth-order valence-corrected chi connectivity index (χ4v) is 3.20. The largest absolute Gasteiger partial charge is 0.398 e. The molecular formula is C11H15ClN2O2S. The molecule has 0 aromatic heterocycles. The Kier molecular flexibility index (Phi) is 3.34. The summed E-state index contributed by atoms with van der Waals surface area (Å²) < 4.78 is 25.8. The van der Waals surface area contributed by atoms with Gasteiger partial charge in [0.25, 0.3) is 0 Å². The van der Waals surface area contributed by atoms with E-state index >= 15 is 0 Å². The first-order valence-corrected chi connectivity index (χ1v) is 7.24. The summed E-state index contributed by atoms with van der Waals surface area (Å²) in [6.07, 6.45) is 2.21. The van der Waals surface area contributed by atoms with Crippen molar-refractivity contribution in [1.29, 1.82) is 0 Å². The maximum absolute atomic E-state index is 12.2. The van der Waals surface area contributed by atoms with Crippen molar-refractivity contribution in [3.8, 4) is 0 Å². The lowest BCUT2D eigenvalue weighted by Crippen LogP contribution is -2.29. The summed E-state index contributed by atoms with van der Waals surface area (Å²) in [5, 5.41) is 0.436. The number of nitrogens with two attached hydrogens (primary N) is 1. The standard InChI is InChI=1S/C11H15ClN2O2S/c1-14(7-8-2-3-8)17(15,16)11-5-4-9(12)6-10(11)13/h4-6,8H,2-3,7,13H2,1H3. The van der Waals surface area contributed by atoms with Crippen LogP contribution in [-0.2, 0) is 10.0 Å². The average molecular weight is 275 g/mol. The van der Waals surface area contributed by atoms with Gasteiger partial charge in [0.1, 0.15) is 4.90 Å². The van der Waals surface area contributed by atoms with E-state index < -0.39 is 10.0 Å². The van der Waals surface area contributed by atoms with Crippen LogP contribution < -0.4 is 5.73 Å². The SMILES string of the molecule is CN(CC1CC1)S(=O)(=O)c1ccc(Cl)cc1N. The zero-order valence-corrected chi connectivity index (χ0v) is 11.1. The molecule has 6 heteroatoms. The Bertz CT molecular complexity index is 526. The minimum Gasteiger partial charge on any atom is -0.398 e. The first kappa shape index (κ1) is 12.7. The lowest BCUT2D eigenvalue weighted by molar-refractivity contribution is 0.453. The van der Waals surface area contributed by atoms with Gasteiger partial charge in [0, 0.05) is 18.6 Å². The van der Waals surface area contributed by atoms with Crippen molar-refractivity contribution in [2.24, 2.45) is 5.92 Å². The summed E-state index contributed by atoms with van der Waals surface area (Å²) >= 11 is 5.75. The molecule has 1 aromatic carbocycles. The van der Waals surface area contributed by atoms with Crippen LogP contribution in [0.5, 0.6) is 0 Å². The molecule has 0 unspecified atom stereocenters. The number of nitrogens with zero attached hydrogens (tertiary/aromatic N) is 1. The van der Waals surface area contributed by atoms with E-state index in [1.165, 1.54) is 22.5 Å². The molecule has 0 radical (unpaired) electrons. The third-order valence-electron chi connectivity index (χ3n) is 2.87. The molecule has 94 valence electrons. The van der Waals surface area contributed by atoms with Crippen molar-refractivity contribution in [1.82, 2.24) is 4.31 Å². The maximum atomic E-state index is 12.2. The molecule has 0 spiro atoms. The average Bonchev–Trinajstić information content (AvgIpc) is 3.00. The van der Waals surface area contributed by atoms with Crippen LogP contribution in [0.1, 0.15) is 12.8 Å². The first-order valence-electron chi connectivity index (χ1n) is 5.42. The summed E-state index contributed by atoms with van der Waals surface area (Å²) in [6, 6.07) is 4.45. The van der Waals surface area contributed by atoms with Crippen LogP contribution in [-0.4, -0.2) is 26.3 Å². The van der Waals surface area contributed by atoms with Gasteiger partial charge in [0.2, 0.25) is 10.0 Å². The summed E-state index contributed by atoms with van der Waals surface area (Å²) in [6.45, 7) is 0.560. The van der Waals surface area contributed by atoms with Crippen molar-refractivity contribution in [2.75, 3.05) is 19.3 Å². The van der Waals surface area contributed by atoms with E-state index in [0.717, 1.165) is 12.8 Å². The Hall–Kier alpha value is -0.780. The second-order valence-corrected chi connectivity index (χ2v) is 6.86. The minimum atomic E-state index is -3.49. The van der Waals surface area contributed by atoms with Crippen molar-refractivity contribution < 1.29 is 8.42 Å². The summed E-state index contributed by atoms with van der Waals surface area (Å²) in [4.78, 5) is 0.130. The van der Waals surface area contributed by atoms with Crippen LogP contribution in [0.3, 0.4) is 0 Å². The van der Waals surface area contributed by atoms with Gasteiger partial charge in [0.15, 0.2) is 0 Å². The molecule has 0 aliphatic heterocycles. The van der Waals surface area contributed by atoms with Crippen molar-refractivity contribution in [2.45, 2.75) is 17.7 Å². The minimum absolute atomic E-state index is 0.130. The topological polar surface area (TPSA) is 63.4 Å². The van der Waals surface area contributed by atoms with Gasteiger partial charge < -0.3 is 5.73 Å². The smallest absolute Gasteiger partial charge is 0.244 e. The molecule has 2 N–H and O–H groups in total. The molecular weight excluding hydrogens is 260 g/mol. The molecule has 0 heterocycles. The molecule has 1 aromatic rings. The van der Waals surface area contributed by atoms with E-state index in [9.17, 15) is 8.42 Å². The van der Waals surface area contributed by atoms with Crippen LogP contribution in [0.4, 0.5) is 5.69 Å². The monoisotopic (exact) mass is 274 g/mol. The number of nitrogen functional groups attached to an aromatic ring is 1. The number of hydrogen-bond acceptors (Lipinski definition) is 3. The highest BCUT2D eigenvalue weighted by molar-refractivity contribution is 7.89. The van der Waals surface area contributed by atoms with Crippen LogP contribution in [0.15, 0.2) is 23.1 Å². The molecule has 0 amide bonds. The highest BCUT2D eigenvalue weighted by atomic mass is 35.5. The van der Waals surface area contributed by atoms with E-state index in [1.807, 2.05) is 0 Å². The predicted molar refractivity (Wildman–Crippen MR) is 68.4 cm³/mol. The number of benzene rings is 1. The van der Waals surface area contributed by atoms with Gasteiger partial charge >= 0.3 is 0 Å². The molecule has 1 aliphatic rings. The zero-order valence-electron chi connectivity index (χ0n) is 9.56. The Morgan fingerprint density at radius 2 is 2.12 bits per heavy atom. The maximum Gasteiger partial charge on any atom is 0.244 e. The van der Waals surface area contributed by atoms with E-state index in [-0.39, 0.29) is 10.6 Å². The quantitative estimate of drug-likeness (QED) is 0.854. The molecule has 0 bridgehead atoms. The lowest BCUT2D eigenvalue weighted by Gasteiger charge is -2.18. The molecule has 1 saturated carbocycles. The molecule has 4 nitrogen and oxygen atoms in total. The highest BCUT2D eigenvalue weighted by Crippen LogP contribution is 2.32. The lowest BCUT2D eigenvalue weighted by atomic mass is 10.3. The van der Waals surface area contributed by atoms with E-state index in [2.05, 4.69) is 0 Å². The zero-order chi connectivity index (χ0) is 12.6.